The number of primary amides is 1. The first kappa shape index (κ1) is 27.9. The minimum absolute atomic E-state index is 0.0383. The first-order chi connectivity index (χ1) is 19.1. The van der Waals surface area contributed by atoms with Crippen LogP contribution >= 0.6 is 0 Å². The molecule has 1 aromatic carbocycles. The fourth-order valence-electron chi connectivity index (χ4n) is 4.05. The average Bonchev–Trinajstić information content (AvgIpc) is 3.46. The third-order valence-corrected chi connectivity index (χ3v) is 5.83. The molecule has 0 aliphatic heterocycles. The topological polar surface area (TPSA) is 159 Å². The Labute approximate surface area is 226 Å². The van der Waals surface area contributed by atoms with E-state index < -0.39 is 29.6 Å². The number of anilines is 1. The second-order valence-corrected chi connectivity index (χ2v) is 8.58. The SMILES string of the molecule is CCn1nc(C)cc1C(=O)Nc1nc2cc(C(N)=O)cc(OC)c2n1CC=CCNC(=O)c1cc(F)nc(F)c1. The van der Waals surface area contributed by atoms with E-state index in [0.717, 1.165) is 12.1 Å². The van der Waals surface area contributed by atoms with Crippen molar-refractivity contribution in [3.63, 3.8) is 0 Å². The number of nitrogens with two attached hydrogens (primary N) is 1. The van der Waals surface area contributed by atoms with E-state index in [2.05, 4.69) is 25.7 Å². The zero-order valence-electron chi connectivity index (χ0n) is 21.9. The van der Waals surface area contributed by atoms with Gasteiger partial charge in [0.2, 0.25) is 23.8 Å². The lowest BCUT2D eigenvalue weighted by Gasteiger charge is -2.11. The molecule has 0 saturated heterocycles. The van der Waals surface area contributed by atoms with E-state index in [9.17, 15) is 23.2 Å². The molecule has 0 radical (unpaired) electrons. The molecule has 0 fully saturated rings. The maximum absolute atomic E-state index is 13.3. The van der Waals surface area contributed by atoms with E-state index in [0.29, 0.717) is 34.7 Å². The first-order valence-electron chi connectivity index (χ1n) is 12.1. The third kappa shape index (κ3) is 5.95. The summed E-state index contributed by atoms with van der Waals surface area (Å²) in [6.07, 6.45) is 3.30. The molecule has 4 aromatic rings. The highest BCUT2D eigenvalue weighted by Crippen LogP contribution is 2.31. The summed E-state index contributed by atoms with van der Waals surface area (Å²) < 4.78 is 35.3. The van der Waals surface area contributed by atoms with Crippen LogP contribution in [-0.2, 0) is 13.1 Å². The molecule has 208 valence electrons. The molecule has 40 heavy (non-hydrogen) atoms. The molecule has 0 saturated carbocycles. The summed E-state index contributed by atoms with van der Waals surface area (Å²) in [5.41, 5.74) is 7.28. The number of fused-ring (bicyclic) bond motifs is 1. The van der Waals surface area contributed by atoms with Crippen molar-refractivity contribution in [1.29, 1.82) is 0 Å². The minimum atomic E-state index is -1.10. The number of carbonyl (C=O) groups excluding carboxylic acids is 3. The Balaban J connectivity index is 1.61. The first-order valence-corrected chi connectivity index (χ1v) is 12.1. The van der Waals surface area contributed by atoms with E-state index in [1.165, 1.54) is 19.2 Å². The Kier molecular flexibility index (Phi) is 8.17. The van der Waals surface area contributed by atoms with Crippen molar-refractivity contribution in [2.45, 2.75) is 26.9 Å². The summed E-state index contributed by atoms with van der Waals surface area (Å²) in [5.74, 6) is -3.54. The second kappa shape index (κ2) is 11.7. The monoisotopic (exact) mass is 552 g/mol. The largest absolute Gasteiger partial charge is 0.494 e. The van der Waals surface area contributed by atoms with Crippen LogP contribution in [0, 0.1) is 18.8 Å². The summed E-state index contributed by atoms with van der Waals surface area (Å²) in [5, 5.41) is 9.62. The molecule has 4 N–H and O–H groups in total. The lowest BCUT2D eigenvalue weighted by Crippen LogP contribution is -2.24. The number of hydrogen-bond donors (Lipinski definition) is 3. The van der Waals surface area contributed by atoms with Crippen molar-refractivity contribution in [1.82, 2.24) is 29.6 Å². The average molecular weight is 553 g/mol. The number of carbonyl (C=O) groups is 3. The number of hydrogen-bond acceptors (Lipinski definition) is 7. The van der Waals surface area contributed by atoms with Crippen LogP contribution in [0.3, 0.4) is 0 Å². The number of benzene rings is 1. The van der Waals surface area contributed by atoms with E-state index in [4.69, 9.17) is 10.5 Å². The Morgan fingerprint density at radius 2 is 1.75 bits per heavy atom. The van der Waals surface area contributed by atoms with E-state index in [-0.39, 0.29) is 30.2 Å². The number of halogens is 2. The molecule has 0 aliphatic rings. The van der Waals surface area contributed by atoms with Gasteiger partial charge >= 0.3 is 0 Å². The van der Waals surface area contributed by atoms with Crippen LogP contribution in [-0.4, -0.2) is 55.7 Å². The van der Waals surface area contributed by atoms with E-state index >= 15 is 0 Å². The van der Waals surface area contributed by atoms with Crippen LogP contribution in [0.1, 0.15) is 43.8 Å². The number of rotatable bonds is 10. The predicted octanol–water partition coefficient (Wildman–Crippen LogP) is 2.58. The summed E-state index contributed by atoms with van der Waals surface area (Å²) >= 11 is 0. The van der Waals surface area contributed by atoms with Gasteiger partial charge in [0.15, 0.2) is 0 Å². The molecule has 0 atom stereocenters. The van der Waals surface area contributed by atoms with Crippen molar-refractivity contribution in [2.75, 3.05) is 19.0 Å². The zero-order valence-corrected chi connectivity index (χ0v) is 21.9. The Hall–Kier alpha value is -5.14. The van der Waals surface area contributed by atoms with Crippen molar-refractivity contribution >= 4 is 34.7 Å². The van der Waals surface area contributed by atoms with Gasteiger partial charge in [-0.15, -0.1) is 0 Å². The molecule has 0 unspecified atom stereocenters. The molecule has 3 aromatic heterocycles. The maximum Gasteiger partial charge on any atom is 0.276 e. The highest BCUT2D eigenvalue weighted by atomic mass is 19.1. The lowest BCUT2D eigenvalue weighted by molar-refractivity contribution is 0.0954. The highest BCUT2D eigenvalue weighted by molar-refractivity contribution is 6.04. The molecular weight excluding hydrogens is 526 g/mol. The van der Waals surface area contributed by atoms with Crippen LogP contribution in [0.4, 0.5) is 14.7 Å². The number of pyridine rings is 1. The second-order valence-electron chi connectivity index (χ2n) is 8.58. The molecule has 0 spiro atoms. The quantitative estimate of drug-likeness (QED) is 0.201. The van der Waals surface area contributed by atoms with Gasteiger partial charge in [0.1, 0.15) is 17.0 Å². The molecule has 3 heterocycles. The van der Waals surface area contributed by atoms with Gasteiger partial charge in [-0.25, -0.2) is 4.98 Å². The highest BCUT2D eigenvalue weighted by Gasteiger charge is 2.21. The van der Waals surface area contributed by atoms with E-state index in [1.807, 2.05) is 6.92 Å². The third-order valence-electron chi connectivity index (χ3n) is 5.83. The van der Waals surface area contributed by atoms with Crippen molar-refractivity contribution in [2.24, 2.45) is 5.73 Å². The standard InChI is InChI=1S/C26H26F2N8O4/c1-4-36-18(9-14(2)34-36)25(39)33-26-31-17-10-15(23(29)37)11-19(40-3)22(17)35(26)8-6-5-7-30-24(38)16-12-20(27)32-21(28)13-16/h5-6,9-13H,4,7-8H2,1-3H3,(H2,29,37)(H,30,38)(H,31,33,39). The maximum atomic E-state index is 13.3. The number of ether oxygens (including phenoxy) is 1. The number of allylic oxidation sites excluding steroid dienone is 1. The van der Waals surface area contributed by atoms with Crippen LogP contribution < -0.4 is 21.1 Å². The Morgan fingerprint density at radius 1 is 1.02 bits per heavy atom. The lowest BCUT2D eigenvalue weighted by atomic mass is 10.1. The van der Waals surface area contributed by atoms with Gasteiger partial charge in [-0.1, -0.05) is 12.2 Å². The molecule has 4 rings (SSSR count). The van der Waals surface area contributed by atoms with Gasteiger partial charge in [0.25, 0.3) is 11.8 Å². The molecule has 0 aliphatic carbocycles. The summed E-state index contributed by atoms with van der Waals surface area (Å²) in [4.78, 5) is 44.7. The number of aryl methyl sites for hydroxylation is 2. The number of methoxy groups -OCH3 is 1. The molecule has 14 heteroatoms. The summed E-state index contributed by atoms with van der Waals surface area (Å²) in [7, 11) is 1.42. The smallest absolute Gasteiger partial charge is 0.276 e. The number of amides is 3. The molecule has 0 bridgehead atoms. The minimum Gasteiger partial charge on any atom is -0.494 e. The normalized spacial score (nSPS) is 11.2. The number of nitrogens with one attached hydrogen (secondary N) is 2. The molecular formula is C26H26F2N8O4. The number of aromatic nitrogens is 5. The summed E-state index contributed by atoms with van der Waals surface area (Å²) in [6, 6.07) is 6.27. The van der Waals surface area contributed by atoms with Crippen LogP contribution in [0.2, 0.25) is 0 Å². The van der Waals surface area contributed by atoms with Gasteiger partial charge in [-0.3, -0.25) is 24.4 Å². The fourth-order valence-corrected chi connectivity index (χ4v) is 4.05. The molecule has 3 amide bonds. The predicted molar refractivity (Wildman–Crippen MR) is 141 cm³/mol. The van der Waals surface area contributed by atoms with E-state index in [1.54, 1.807) is 34.4 Å². The summed E-state index contributed by atoms with van der Waals surface area (Å²) in [6.45, 7) is 4.32. The zero-order chi connectivity index (χ0) is 29.0. The number of imidazole rings is 1. The van der Waals surface area contributed by atoms with Gasteiger partial charge in [0.05, 0.1) is 18.3 Å². The Morgan fingerprint density at radius 3 is 2.40 bits per heavy atom. The van der Waals surface area contributed by atoms with Crippen LogP contribution in [0.5, 0.6) is 5.75 Å². The van der Waals surface area contributed by atoms with Crippen molar-refractivity contribution in [3.05, 3.63) is 76.9 Å². The van der Waals surface area contributed by atoms with Crippen LogP contribution in [0.25, 0.3) is 11.0 Å². The number of nitrogens with zero attached hydrogens (tertiary/aromatic N) is 5. The molecule has 12 nitrogen and oxygen atoms in total. The Bertz CT molecular complexity index is 1620. The van der Waals surface area contributed by atoms with Crippen molar-refractivity contribution < 1.29 is 27.9 Å². The van der Waals surface area contributed by atoms with Gasteiger partial charge < -0.3 is 20.4 Å². The fraction of sp³-hybridized carbons (Fsp3) is 0.231. The van der Waals surface area contributed by atoms with Gasteiger partial charge in [-0.05, 0) is 32.0 Å². The van der Waals surface area contributed by atoms with Gasteiger partial charge in [0, 0.05) is 42.9 Å². The van der Waals surface area contributed by atoms with Gasteiger partial charge in [-0.2, -0.15) is 18.9 Å². The van der Waals surface area contributed by atoms with Crippen molar-refractivity contribution in [3.8, 4) is 5.75 Å². The van der Waals surface area contributed by atoms with Crippen LogP contribution in [0.15, 0.2) is 42.5 Å².